The minimum atomic E-state index is 0.294. The van der Waals surface area contributed by atoms with Gasteiger partial charge in [0, 0.05) is 24.4 Å². The summed E-state index contributed by atoms with van der Waals surface area (Å²) in [4.78, 5) is 10.5. The topological polar surface area (TPSA) is 67.8 Å². The first-order valence-corrected chi connectivity index (χ1v) is 9.31. The zero-order valence-corrected chi connectivity index (χ0v) is 15.7. The Morgan fingerprint density at radius 2 is 2.08 bits per heavy atom. The number of rotatable bonds is 6. The molecule has 0 radical (unpaired) electrons. The highest BCUT2D eigenvalue weighted by Crippen LogP contribution is 2.32. The second-order valence-corrected chi connectivity index (χ2v) is 7.09. The maximum atomic E-state index is 5.41. The quantitative estimate of drug-likeness (QED) is 0.612. The molecule has 0 amide bonds. The van der Waals surface area contributed by atoms with E-state index in [1.807, 2.05) is 25.1 Å². The first-order valence-electron chi connectivity index (χ1n) is 8.49. The van der Waals surface area contributed by atoms with Gasteiger partial charge in [-0.25, -0.2) is 9.98 Å². The van der Waals surface area contributed by atoms with Gasteiger partial charge in [-0.1, -0.05) is 6.07 Å². The summed E-state index contributed by atoms with van der Waals surface area (Å²) in [5.41, 5.74) is 2.22. The number of hydrogen-bond donors (Lipinski definition) is 2. The van der Waals surface area contributed by atoms with Gasteiger partial charge in [0.05, 0.1) is 17.2 Å². The number of benzene rings is 1. The SMILES string of the molecule is CCNC(=NCc1ccc2c(c1)OCO2)NCCc1sc(C)nc1C. The summed E-state index contributed by atoms with van der Waals surface area (Å²) >= 11 is 1.76. The zero-order valence-electron chi connectivity index (χ0n) is 14.9. The number of ether oxygens (including phenoxy) is 2. The van der Waals surface area contributed by atoms with E-state index < -0.39 is 0 Å². The van der Waals surface area contributed by atoms with Crippen molar-refractivity contribution in [3.63, 3.8) is 0 Å². The molecule has 0 saturated carbocycles. The molecule has 0 fully saturated rings. The summed E-state index contributed by atoms with van der Waals surface area (Å²) in [7, 11) is 0. The van der Waals surface area contributed by atoms with E-state index in [0.717, 1.165) is 53.2 Å². The van der Waals surface area contributed by atoms with Crippen molar-refractivity contribution < 1.29 is 9.47 Å². The van der Waals surface area contributed by atoms with Gasteiger partial charge in [0.25, 0.3) is 0 Å². The highest BCUT2D eigenvalue weighted by molar-refractivity contribution is 7.11. The molecule has 134 valence electrons. The second kappa shape index (κ2) is 8.20. The lowest BCUT2D eigenvalue weighted by atomic mass is 10.2. The van der Waals surface area contributed by atoms with Crippen molar-refractivity contribution >= 4 is 17.3 Å². The van der Waals surface area contributed by atoms with Gasteiger partial charge in [-0.15, -0.1) is 11.3 Å². The summed E-state index contributed by atoms with van der Waals surface area (Å²) < 4.78 is 10.8. The number of aromatic nitrogens is 1. The van der Waals surface area contributed by atoms with Crippen molar-refractivity contribution in [3.8, 4) is 11.5 Å². The molecule has 0 unspecified atom stereocenters. The molecular weight excluding hydrogens is 336 g/mol. The lowest BCUT2D eigenvalue weighted by Gasteiger charge is -2.11. The summed E-state index contributed by atoms with van der Waals surface area (Å²) in [6, 6.07) is 5.94. The third kappa shape index (κ3) is 4.63. The molecule has 2 heterocycles. The van der Waals surface area contributed by atoms with Gasteiger partial charge in [0.2, 0.25) is 6.79 Å². The molecule has 1 aliphatic rings. The van der Waals surface area contributed by atoms with Gasteiger partial charge in [-0.3, -0.25) is 0 Å². The van der Waals surface area contributed by atoms with Crippen LogP contribution in [0.3, 0.4) is 0 Å². The monoisotopic (exact) mass is 360 g/mol. The fraction of sp³-hybridized carbons (Fsp3) is 0.444. The molecule has 2 N–H and O–H groups in total. The summed E-state index contributed by atoms with van der Waals surface area (Å²) in [5.74, 6) is 2.41. The molecule has 0 bridgehead atoms. The smallest absolute Gasteiger partial charge is 0.231 e. The van der Waals surface area contributed by atoms with Gasteiger partial charge in [0.15, 0.2) is 17.5 Å². The van der Waals surface area contributed by atoms with E-state index >= 15 is 0 Å². The number of nitrogens with one attached hydrogen (secondary N) is 2. The Morgan fingerprint density at radius 1 is 1.24 bits per heavy atom. The number of nitrogens with zero attached hydrogens (tertiary/aromatic N) is 2. The van der Waals surface area contributed by atoms with Crippen LogP contribution in [0, 0.1) is 13.8 Å². The molecule has 2 aromatic rings. The molecule has 6 nitrogen and oxygen atoms in total. The van der Waals surface area contributed by atoms with Crippen molar-refractivity contribution in [2.75, 3.05) is 19.9 Å². The van der Waals surface area contributed by atoms with E-state index in [1.165, 1.54) is 4.88 Å². The molecule has 1 aliphatic heterocycles. The predicted molar refractivity (Wildman–Crippen MR) is 101 cm³/mol. The standard InChI is InChI=1S/C18H24N4O2S/c1-4-19-18(20-8-7-17-12(2)22-13(3)25-17)21-10-14-5-6-15-16(9-14)24-11-23-15/h5-6,9H,4,7-8,10-11H2,1-3H3,(H2,19,20,21). The van der Waals surface area contributed by atoms with Crippen LogP contribution in [0.2, 0.25) is 0 Å². The average Bonchev–Trinajstić information content (AvgIpc) is 3.18. The fourth-order valence-electron chi connectivity index (χ4n) is 2.65. The van der Waals surface area contributed by atoms with E-state index in [4.69, 9.17) is 9.47 Å². The van der Waals surface area contributed by atoms with Gasteiger partial charge in [-0.2, -0.15) is 0 Å². The number of thiazole rings is 1. The molecule has 0 atom stereocenters. The Bertz CT molecular complexity index is 758. The molecule has 3 rings (SSSR count). The molecule has 0 aliphatic carbocycles. The highest BCUT2D eigenvalue weighted by atomic mass is 32.1. The minimum absolute atomic E-state index is 0.294. The van der Waals surface area contributed by atoms with Crippen molar-refractivity contribution in [3.05, 3.63) is 39.3 Å². The van der Waals surface area contributed by atoms with E-state index in [1.54, 1.807) is 11.3 Å². The molecule has 25 heavy (non-hydrogen) atoms. The summed E-state index contributed by atoms with van der Waals surface area (Å²) in [6.07, 6.45) is 0.950. The van der Waals surface area contributed by atoms with Crippen LogP contribution < -0.4 is 20.1 Å². The van der Waals surface area contributed by atoms with Crippen LogP contribution in [0.25, 0.3) is 0 Å². The maximum absolute atomic E-state index is 5.41. The van der Waals surface area contributed by atoms with E-state index in [2.05, 4.69) is 34.5 Å². The van der Waals surface area contributed by atoms with Crippen molar-refractivity contribution in [2.24, 2.45) is 4.99 Å². The van der Waals surface area contributed by atoms with Crippen LogP contribution in [-0.2, 0) is 13.0 Å². The first kappa shape index (κ1) is 17.5. The number of fused-ring (bicyclic) bond motifs is 1. The minimum Gasteiger partial charge on any atom is -0.454 e. The lowest BCUT2D eigenvalue weighted by molar-refractivity contribution is 0.174. The van der Waals surface area contributed by atoms with Gasteiger partial charge in [-0.05, 0) is 38.5 Å². The molecule has 7 heteroatoms. The Hall–Kier alpha value is -2.28. The summed E-state index contributed by atoms with van der Waals surface area (Å²) in [5, 5.41) is 7.79. The summed E-state index contributed by atoms with van der Waals surface area (Å²) in [6.45, 7) is 8.71. The highest BCUT2D eigenvalue weighted by Gasteiger charge is 2.13. The Balaban J connectivity index is 1.56. The van der Waals surface area contributed by atoms with Crippen molar-refractivity contribution in [2.45, 2.75) is 33.7 Å². The van der Waals surface area contributed by atoms with Crippen LogP contribution in [0.4, 0.5) is 0 Å². The van der Waals surface area contributed by atoms with E-state index in [9.17, 15) is 0 Å². The van der Waals surface area contributed by atoms with Crippen LogP contribution >= 0.6 is 11.3 Å². The van der Waals surface area contributed by atoms with Crippen molar-refractivity contribution in [1.82, 2.24) is 15.6 Å². The van der Waals surface area contributed by atoms with Crippen LogP contribution in [-0.4, -0.2) is 30.8 Å². The maximum Gasteiger partial charge on any atom is 0.231 e. The van der Waals surface area contributed by atoms with Crippen LogP contribution in [0.1, 0.15) is 28.1 Å². The molecule has 0 spiro atoms. The normalized spacial score (nSPS) is 13.2. The first-order chi connectivity index (χ1) is 12.2. The van der Waals surface area contributed by atoms with Crippen LogP contribution in [0.5, 0.6) is 11.5 Å². The second-order valence-electron chi connectivity index (χ2n) is 5.80. The van der Waals surface area contributed by atoms with E-state index in [0.29, 0.717) is 13.3 Å². The fourth-order valence-corrected chi connectivity index (χ4v) is 3.59. The van der Waals surface area contributed by atoms with Gasteiger partial charge in [0.1, 0.15) is 0 Å². The molecule has 0 saturated heterocycles. The third-order valence-corrected chi connectivity index (χ3v) is 4.98. The predicted octanol–water partition coefficient (Wildman–Crippen LogP) is 2.79. The number of aliphatic imine (C=N–C) groups is 1. The molecule has 1 aromatic heterocycles. The number of aryl methyl sites for hydroxylation is 2. The van der Waals surface area contributed by atoms with Gasteiger partial charge >= 0.3 is 0 Å². The largest absolute Gasteiger partial charge is 0.454 e. The number of hydrogen-bond acceptors (Lipinski definition) is 5. The zero-order chi connectivity index (χ0) is 17.6. The van der Waals surface area contributed by atoms with Crippen molar-refractivity contribution in [1.29, 1.82) is 0 Å². The van der Waals surface area contributed by atoms with Gasteiger partial charge < -0.3 is 20.1 Å². The number of guanidine groups is 1. The lowest BCUT2D eigenvalue weighted by Crippen LogP contribution is -2.38. The van der Waals surface area contributed by atoms with Crippen LogP contribution in [0.15, 0.2) is 23.2 Å². The Morgan fingerprint density at radius 3 is 2.84 bits per heavy atom. The third-order valence-electron chi connectivity index (χ3n) is 3.85. The molecule has 1 aromatic carbocycles. The Labute approximate surface area is 152 Å². The average molecular weight is 360 g/mol. The Kier molecular flexibility index (Phi) is 5.75. The van der Waals surface area contributed by atoms with E-state index in [-0.39, 0.29) is 0 Å². The molecular formula is C18H24N4O2S.